The van der Waals surface area contributed by atoms with Gasteiger partial charge in [-0.05, 0) is 56.1 Å². The maximum absolute atomic E-state index is 13.1. The SMILES string of the molecule is O=C1OC2(OC(=O)C1=Ic1ccc([N+](=O)[O-])c3ccccc13)C1CC3CC(C1)CC2C3. The second kappa shape index (κ2) is 6.82. The second-order valence-electron chi connectivity index (χ2n) is 9.08. The Bertz CT molecular complexity index is 1140. The van der Waals surface area contributed by atoms with Crippen molar-refractivity contribution in [2.24, 2.45) is 23.7 Å². The average molecular weight is 533 g/mol. The summed E-state index contributed by atoms with van der Waals surface area (Å²) in [4.78, 5) is 37.1. The van der Waals surface area contributed by atoms with Crippen LogP contribution in [0.3, 0.4) is 0 Å². The van der Waals surface area contributed by atoms with E-state index in [2.05, 4.69) is 0 Å². The lowest BCUT2D eigenvalue weighted by molar-refractivity contribution is -0.383. The average Bonchev–Trinajstić information content (AvgIpc) is 2.74. The largest absolute Gasteiger partial charge is 0.418 e. The predicted octanol–water partition coefficient (Wildman–Crippen LogP) is 4.31. The van der Waals surface area contributed by atoms with E-state index in [1.807, 2.05) is 0 Å². The molecule has 7 nitrogen and oxygen atoms in total. The number of hydrogen-bond donors (Lipinski definition) is 0. The monoisotopic (exact) mass is 533 g/mol. The number of carbonyl (C=O) groups is 2. The molecule has 0 aromatic heterocycles. The summed E-state index contributed by atoms with van der Waals surface area (Å²) >= 11 is -1.22. The summed E-state index contributed by atoms with van der Waals surface area (Å²) in [6.07, 6.45) is 5.10. The van der Waals surface area contributed by atoms with Crippen LogP contribution >= 0.6 is 20.7 Å². The van der Waals surface area contributed by atoms with Gasteiger partial charge in [0.05, 0.1) is 10.3 Å². The number of esters is 2. The Hall–Kier alpha value is -2.36. The molecule has 0 atom stereocenters. The summed E-state index contributed by atoms with van der Waals surface area (Å²) in [5.41, 5.74) is 0.00899. The van der Waals surface area contributed by atoms with Gasteiger partial charge in [0.2, 0.25) is 0 Å². The standard InChI is InChI=1S/C23H20INO6/c26-21-20(24-18-5-6-19(25(28)29)17-4-2-1-3-16(17)18)22(27)31-23(30-21)14-8-12-7-13(10-14)11-15(23)9-12/h1-6,12-15H,7-11H2. The molecule has 8 heteroatoms. The molecule has 5 fully saturated rings. The fourth-order valence-electron chi connectivity index (χ4n) is 6.32. The number of benzene rings is 2. The summed E-state index contributed by atoms with van der Waals surface area (Å²) < 4.78 is 12.8. The van der Waals surface area contributed by atoms with Crippen LogP contribution in [0.25, 0.3) is 10.8 Å². The molecule has 4 saturated carbocycles. The first-order valence-corrected chi connectivity index (χ1v) is 12.7. The molecule has 2 aromatic rings. The zero-order chi connectivity index (χ0) is 21.3. The van der Waals surface area contributed by atoms with E-state index in [4.69, 9.17) is 9.47 Å². The number of hydrogen-bond acceptors (Lipinski definition) is 6. The smallest absolute Gasteiger partial charge is 0.354 e. The maximum Gasteiger partial charge on any atom is 0.354 e. The molecule has 4 bridgehead atoms. The first kappa shape index (κ1) is 19.3. The first-order chi connectivity index (χ1) is 14.9. The van der Waals surface area contributed by atoms with Gasteiger partial charge in [-0.15, -0.1) is 0 Å². The number of non-ortho nitro benzene ring substituents is 1. The molecule has 0 radical (unpaired) electrons. The first-order valence-electron chi connectivity index (χ1n) is 10.6. The van der Waals surface area contributed by atoms with Crippen molar-refractivity contribution in [1.82, 2.24) is 0 Å². The molecule has 0 amide bonds. The van der Waals surface area contributed by atoms with E-state index < -0.39 is 43.4 Å². The van der Waals surface area contributed by atoms with Gasteiger partial charge in [-0.1, -0.05) is 38.9 Å². The normalized spacial score (nSPS) is 33.6. The van der Waals surface area contributed by atoms with Gasteiger partial charge in [0.25, 0.3) is 11.5 Å². The molecule has 2 aromatic carbocycles. The Kier molecular flexibility index (Phi) is 4.25. The Balaban J connectivity index is 1.37. The molecule has 5 aliphatic rings. The number of nitrogens with zero attached hydrogens (tertiary/aromatic N) is 1. The van der Waals surface area contributed by atoms with Crippen molar-refractivity contribution >= 4 is 52.6 Å². The number of nitro benzene ring substituents is 1. The summed E-state index contributed by atoms with van der Waals surface area (Å²) in [5.74, 6) is -0.650. The van der Waals surface area contributed by atoms with Crippen molar-refractivity contribution in [2.75, 3.05) is 0 Å². The van der Waals surface area contributed by atoms with Gasteiger partial charge in [0.15, 0.2) is 3.51 Å². The van der Waals surface area contributed by atoms with Crippen molar-refractivity contribution in [3.05, 3.63) is 50.1 Å². The van der Waals surface area contributed by atoms with Crippen LogP contribution in [-0.4, -0.2) is 26.2 Å². The van der Waals surface area contributed by atoms with Gasteiger partial charge < -0.3 is 9.47 Å². The van der Waals surface area contributed by atoms with Crippen LogP contribution < -0.4 is 0 Å². The van der Waals surface area contributed by atoms with E-state index in [0.717, 1.165) is 29.3 Å². The molecule has 160 valence electrons. The minimum absolute atomic E-state index is 0.00899. The Morgan fingerprint density at radius 2 is 1.45 bits per heavy atom. The number of halogens is 1. The van der Waals surface area contributed by atoms with E-state index >= 15 is 0 Å². The van der Waals surface area contributed by atoms with E-state index in [1.54, 1.807) is 30.3 Å². The van der Waals surface area contributed by atoms with Crippen LogP contribution in [0.2, 0.25) is 0 Å². The van der Waals surface area contributed by atoms with Gasteiger partial charge in [0.1, 0.15) is 0 Å². The molecular formula is C23H20INO6. The second-order valence-corrected chi connectivity index (χ2v) is 11.9. The third kappa shape index (κ3) is 2.86. The van der Waals surface area contributed by atoms with Crippen LogP contribution in [0, 0.1) is 37.4 Å². The molecule has 1 spiro atoms. The lowest BCUT2D eigenvalue weighted by Crippen LogP contribution is -2.65. The minimum Gasteiger partial charge on any atom is -0.418 e. The number of nitro groups is 1. The van der Waals surface area contributed by atoms with Crippen molar-refractivity contribution in [1.29, 1.82) is 0 Å². The summed E-state index contributed by atoms with van der Waals surface area (Å²) in [5, 5.41) is 12.6. The number of fused-ring (bicyclic) bond motifs is 1. The van der Waals surface area contributed by atoms with Gasteiger partial charge in [-0.25, -0.2) is 9.59 Å². The Morgan fingerprint density at radius 1 is 0.871 bits per heavy atom. The van der Waals surface area contributed by atoms with Crippen molar-refractivity contribution in [3.63, 3.8) is 0 Å². The van der Waals surface area contributed by atoms with E-state index in [1.165, 1.54) is 12.5 Å². The number of carbonyl (C=O) groups excluding carboxylic acids is 2. The number of ether oxygens (including phenoxy) is 2. The van der Waals surface area contributed by atoms with E-state index in [0.29, 0.717) is 22.6 Å². The summed E-state index contributed by atoms with van der Waals surface area (Å²) in [6.45, 7) is 0. The molecule has 1 heterocycles. The van der Waals surface area contributed by atoms with Gasteiger partial charge >= 0.3 is 11.9 Å². The molecular weight excluding hydrogens is 513 g/mol. The Labute approximate surface area is 188 Å². The molecule has 1 saturated heterocycles. The summed E-state index contributed by atoms with van der Waals surface area (Å²) in [7, 11) is 0. The highest BCUT2D eigenvalue weighted by Gasteiger charge is 2.64. The topological polar surface area (TPSA) is 95.7 Å². The van der Waals surface area contributed by atoms with Gasteiger partial charge in [-0.3, -0.25) is 10.1 Å². The summed E-state index contributed by atoms with van der Waals surface area (Å²) in [6, 6.07) is 10.1. The van der Waals surface area contributed by atoms with Crippen LogP contribution in [0.1, 0.15) is 32.1 Å². The third-order valence-corrected chi connectivity index (χ3v) is 10.3. The van der Waals surface area contributed by atoms with Gasteiger partial charge in [-0.2, -0.15) is 0 Å². The highest BCUT2D eigenvalue weighted by molar-refractivity contribution is 14.2. The zero-order valence-corrected chi connectivity index (χ0v) is 18.7. The lowest BCUT2D eigenvalue weighted by Gasteiger charge is -2.59. The predicted molar refractivity (Wildman–Crippen MR) is 120 cm³/mol. The fraction of sp³-hybridized carbons (Fsp3) is 0.435. The van der Waals surface area contributed by atoms with Crippen LogP contribution in [0.5, 0.6) is 0 Å². The van der Waals surface area contributed by atoms with Crippen molar-refractivity contribution in [3.8, 4) is 0 Å². The third-order valence-electron chi connectivity index (χ3n) is 7.38. The van der Waals surface area contributed by atoms with Gasteiger partial charge in [0, 0.05) is 26.9 Å². The highest BCUT2D eigenvalue weighted by atomic mass is 127. The molecule has 7 rings (SSSR count). The molecule has 4 aliphatic carbocycles. The molecule has 31 heavy (non-hydrogen) atoms. The minimum atomic E-state index is -1.22. The number of rotatable bonds is 2. The lowest BCUT2D eigenvalue weighted by atomic mass is 9.53. The Morgan fingerprint density at radius 3 is 2.03 bits per heavy atom. The van der Waals surface area contributed by atoms with E-state index in [9.17, 15) is 19.7 Å². The van der Waals surface area contributed by atoms with Crippen LogP contribution in [-0.2, 0) is 19.1 Å². The van der Waals surface area contributed by atoms with Crippen LogP contribution in [0.4, 0.5) is 5.69 Å². The molecule has 0 unspecified atom stereocenters. The van der Waals surface area contributed by atoms with Crippen molar-refractivity contribution in [2.45, 2.75) is 37.9 Å². The van der Waals surface area contributed by atoms with Crippen LogP contribution in [0.15, 0.2) is 36.4 Å². The molecule has 0 N–H and O–H groups in total. The fourth-order valence-corrected chi connectivity index (χ4v) is 8.69. The quantitative estimate of drug-likeness (QED) is 0.247. The van der Waals surface area contributed by atoms with Crippen molar-refractivity contribution < 1.29 is 24.0 Å². The zero-order valence-electron chi connectivity index (χ0n) is 16.6. The highest BCUT2D eigenvalue weighted by Crippen LogP contribution is 2.60. The molecule has 1 aliphatic heterocycles. The maximum atomic E-state index is 13.1. The van der Waals surface area contributed by atoms with E-state index in [-0.39, 0.29) is 21.0 Å².